The molecular weight excluding hydrogens is 464 g/mol. The topological polar surface area (TPSA) is 88.8 Å². The van der Waals surface area contributed by atoms with Crippen molar-refractivity contribution in [3.63, 3.8) is 0 Å². The molecule has 1 aromatic carbocycles. The standard InChI is InChI=1S/C24H22F4N6O/c1-13-8-20(19-6-7-22(21(11-35)31-19)34-10-14(2)29-12-34)32-33-23(13)30-15(3)17-5-4-16(25)9-18(17)24(26,27)28/h4-10,12,15,35H,11H2,1-3H3,(H,30,33)/t15-/m0/s1. The van der Waals surface area contributed by atoms with Gasteiger partial charge in [-0.2, -0.15) is 13.2 Å². The SMILES string of the molecule is Cc1cn(-c2ccc(-c3cc(C)c(N[C@@H](C)c4ccc(F)cc4C(F)(F)F)nn3)nc2CO)cn1. The van der Waals surface area contributed by atoms with E-state index in [0.29, 0.717) is 34.4 Å². The van der Waals surface area contributed by atoms with Crippen LogP contribution in [-0.2, 0) is 12.8 Å². The molecule has 4 rings (SSSR count). The fourth-order valence-corrected chi connectivity index (χ4v) is 3.73. The molecule has 3 aromatic heterocycles. The summed E-state index contributed by atoms with van der Waals surface area (Å²) in [5, 5.41) is 21.0. The molecule has 0 saturated heterocycles. The molecule has 182 valence electrons. The minimum Gasteiger partial charge on any atom is -0.390 e. The summed E-state index contributed by atoms with van der Waals surface area (Å²) >= 11 is 0. The molecule has 0 aliphatic carbocycles. The number of hydrogen-bond donors (Lipinski definition) is 2. The fourth-order valence-electron chi connectivity index (χ4n) is 3.73. The minimum atomic E-state index is -4.70. The highest BCUT2D eigenvalue weighted by atomic mass is 19.4. The van der Waals surface area contributed by atoms with Crippen LogP contribution in [0.2, 0.25) is 0 Å². The molecule has 0 spiro atoms. The Labute approximate surface area is 198 Å². The molecule has 0 fully saturated rings. The Kier molecular flexibility index (Phi) is 6.53. The lowest BCUT2D eigenvalue weighted by atomic mass is 10.0. The summed E-state index contributed by atoms with van der Waals surface area (Å²) < 4.78 is 55.4. The quantitative estimate of drug-likeness (QED) is 0.366. The number of aryl methyl sites for hydroxylation is 2. The molecule has 11 heteroatoms. The summed E-state index contributed by atoms with van der Waals surface area (Å²) in [6.45, 7) is 4.82. The monoisotopic (exact) mass is 486 g/mol. The van der Waals surface area contributed by atoms with Crippen LogP contribution in [0.1, 0.15) is 41.0 Å². The van der Waals surface area contributed by atoms with E-state index in [1.165, 1.54) is 6.92 Å². The van der Waals surface area contributed by atoms with Crippen LogP contribution in [-0.4, -0.2) is 29.8 Å². The highest BCUT2D eigenvalue weighted by molar-refractivity contribution is 5.60. The van der Waals surface area contributed by atoms with Crippen molar-refractivity contribution in [1.82, 2.24) is 24.7 Å². The van der Waals surface area contributed by atoms with Crippen molar-refractivity contribution in [3.8, 4) is 17.1 Å². The third-order valence-electron chi connectivity index (χ3n) is 5.48. The van der Waals surface area contributed by atoms with Gasteiger partial charge in [0.1, 0.15) is 11.5 Å². The van der Waals surface area contributed by atoms with Crippen molar-refractivity contribution in [1.29, 1.82) is 0 Å². The molecule has 4 aromatic rings. The summed E-state index contributed by atoms with van der Waals surface area (Å²) in [6.07, 6.45) is -1.26. The van der Waals surface area contributed by atoms with Crippen LogP contribution >= 0.6 is 0 Å². The number of aliphatic hydroxyl groups is 1. The molecule has 0 radical (unpaired) electrons. The second-order valence-corrected chi connectivity index (χ2v) is 8.10. The summed E-state index contributed by atoms with van der Waals surface area (Å²) in [5.41, 5.74) is 2.29. The Balaban J connectivity index is 1.60. The number of halogens is 4. The van der Waals surface area contributed by atoms with E-state index < -0.39 is 23.6 Å². The van der Waals surface area contributed by atoms with Crippen molar-refractivity contribution < 1.29 is 22.7 Å². The van der Waals surface area contributed by atoms with Crippen molar-refractivity contribution in [2.75, 3.05) is 5.32 Å². The van der Waals surface area contributed by atoms with Crippen LogP contribution in [0.25, 0.3) is 17.1 Å². The summed E-state index contributed by atoms with van der Waals surface area (Å²) in [4.78, 5) is 8.67. The van der Waals surface area contributed by atoms with Gasteiger partial charge < -0.3 is 15.0 Å². The van der Waals surface area contributed by atoms with Gasteiger partial charge in [0.2, 0.25) is 0 Å². The zero-order chi connectivity index (χ0) is 25.3. The number of benzene rings is 1. The number of nitrogens with one attached hydrogen (secondary N) is 1. The molecule has 0 aliphatic rings. The predicted molar refractivity (Wildman–Crippen MR) is 121 cm³/mol. The summed E-state index contributed by atoms with van der Waals surface area (Å²) in [6, 6.07) is 6.98. The molecule has 2 N–H and O–H groups in total. The molecule has 0 amide bonds. The van der Waals surface area contributed by atoms with E-state index in [4.69, 9.17) is 0 Å². The Morgan fingerprint density at radius 2 is 1.83 bits per heavy atom. The molecule has 0 unspecified atom stereocenters. The highest BCUT2D eigenvalue weighted by Gasteiger charge is 2.35. The maximum atomic E-state index is 13.4. The van der Waals surface area contributed by atoms with Gasteiger partial charge in [-0.25, -0.2) is 14.4 Å². The summed E-state index contributed by atoms with van der Waals surface area (Å²) in [5.74, 6) is -0.677. The van der Waals surface area contributed by atoms with Gasteiger partial charge in [0.25, 0.3) is 0 Å². The maximum Gasteiger partial charge on any atom is 0.416 e. The average molecular weight is 486 g/mol. The van der Waals surface area contributed by atoms with Gasteiger partial charge >= 0.3 is 6.18 Å². The molecule has 7 nitrogen and oxygen atoms in total. The van der Waals surface area contributed by atoms with Crippen molar-refractivity contribution in [2.45, 2.75) is 39.6 Å². The first kappa shape index (κ1) is 24.3. The predicted octanol–water partition coefficient (Wildman–Crippen LogP) is 5.16. The number of alkyl halides is 3. The molecule has 3 heterocycles. The smallest absolute Gasteiger partial charge is 0.390 e. The molecule has 0 aliphatic heterocycles. The number of aromatic nitrogens is 5. The Bertz CT molecular complexity index is 1370. The first-order valence-corrected chi connectivity index (χ1v) is 10.7. The van der Waals surface area contributed by atoms with Crippen LogP contribution < -0.4 is 5.32 Å². The maximum absolute atomic E-state index is 13.4. The van der Waals surface area contributed by atoms with E-state index in [1.807, 2.05) is 13.1 Å². The van der Waals surface area contributed by atoms with Gasteiger partial charge in [0.15, 0.2) is 5.82 Å². The van der Waals surface area contributed by atoms with Crippen molar-refractivity contribution >= 4 is 5.82 Å². The van der Waals surface area contributed by atoms with Crippen molar-refractivity contribution in [2.24, 2.45) is 0 Å². The number of anilines is 1. The van der Waals surface area contributed by atoms with E-state index in [0.717, 1.165) is 17.8 Å². The molecular formula is C24H22F4N6O. The molecule has 0 saturated carbocycles. The number of nitrogens with zero attached hydrogens (tertiary/aromatic N) is 5. The van der Waals surface area contributed by atoms with Crippen LogP contribution in [0.4, 0.5) is 23.4 Å². The Morgan fingerprint density at radius 3 is 2.46 bits per heavy atom. The number of hydrogen-bond acceptors (Lipinski definition) is 6. The minimum absolute atomic E-state index is 0.108. The van der Waals surface area contributed by atoms with Gasteiger partial charge in [0, 0.05) is 6.20 Å². The zero-order valence-corrected chi connectivity index (χ0v) is 19.1. The lowest BCUT2D eigenvalue weighted by Crippen LogP contribution is -2.17. The van der Waals surface area contributed by atoms with Gasteiger partial charge in [0.05, 0.1) is 47.3 Å². The van der Waals surface area contributed by atoms with Gasteiger partial charge in [-0.05, 0) is 62.2 Å². The third-order valence-corrected chi connectivity index (χ3v) is 5.48. The van der Waals surface area contributed by atoms with Crippen LogP contribution in [0.5, 0.6) is 0 Å². The lowest BCUT2D eigenvalue weighted by Gasteiger charge is -2.21. The zero-order valence-electron chi connectivity index (χ0n) is 19.1. The fraction of sp³-hybridized carbons (Fsp3) is 0.250. The van der Waals surface area contributed by atoms with E-state index in [9.17, 15) is 22.7 Å². The Hall–Kier alpha value is -3.86. The van der Waals surface area contributed by atoms with E-state index in [2.05, 4.69) is 25.5 Å². The first-order valence-electron chi connectivity index (χ1n) is 10.7. The summed E-state index contributed by atoms with van der Waals surface area (Å²) in [7, 11) is 0. The number of aliphatic hydroxyl groups excluding tert-OH is 1. The highest BCUT2D eigenvalue weighted by Crippen LogP contribution is 2.36. The normalized spacial score (nSPS) is 12.6. The third kappa shape index (κ3) is 5.14. The molecule has 1 atom stereocenters. The molecule has 35 heavy (non-hydrogen) atoms. The molecule has 0 bridgehead atoms. The largest absolute Gasteiger partial charge is 0.416 e. The van der Waals surface area contributed by atoms with E-state index in [1.54, 1.807) is 36.0 Å². The van der Waals surface area contributed by atoms with Gasteiger partial charge in [-0.1, -0.05) is 6.07 Å². The van der Waals surface area contributed by atoms with Gasteiger partial charge in [-0.3, -0.25) is 0 Å². The second-order valence-electron chi connectivity index (χ2n) is 8.10. The first-order chi connectivity index (χ1) is 16.6. The average Bonchev–Trinajstić information content (AvgIpc) is 3.25. The van der Waals surface area contributed by atoms with E-state index in [-0.39, 0.29) is 18.0 Å². The number of pyridine rings is 1. The number of rotatable bonds is 6. The van der Waals surface area contributed by atoms with E-state index >= 15 is 0 Å². The van der Waals surface area contributed by atoms with Crippen LogP contribution in [0.3, 0.4) is 0 Å². The van der Waals surface area contributed by atoms with Gasteiger partial charge in [-0.15, -0.1) is 10.2 Å². The second kappa shape index (κ2) is 9.41. The van der Waals surface area contributed by atoms with Crippen molar-refractivity contribution in [3.05, 3.63) is 82.8 Å². The van der Waals surface area contributed by atoms with Crippen LogP contribution in [0, 0.1) is 19.7 Å². The number of imidazole rings is 1. The van der Waals surface area contributed by atoms with Crippen LogP contribution in [0.15, 0.2) is 48.9 Å². The Morgan fingerprint density at radius 1 is 1.06 bits per heavy atom. The lowest BCUT2D eigenvalue weighted by molar-refractivity contribution is -0.138.